The Morgan fingerprint density at radius 2 is 1.50 bits per heavy atom. The van der Waals surface area contributed by atoms with Crippen LogP contribution in [0.5, 0.6) is 0 Å². The summed E-state index contributed by atoms with van der Waals surface area (Å²) in [7, 11) is 0. The van der Waals surface area contributed by atoms with Crippen LogP contribution in [0.1, 0.15) is 30.7 Å². The van der Waals surface area contributed by atoms with Gasteiger partial charge in [0, 0.05) is 26.1 Å². The van der Waals surface area contributed by atoms with Gasteiger partial charge in [0.15, 0.2) is 0 Å². The van der Waals surface area contributed by atoms with Gasteiger partial charge in [0.2, 0.25) is 11.8 Å². The molecule has 1 saturated heterocycles. The van der Waals surface area contributed by atoms with Crippen molar-refractivity contribution >= 4 is 22.8 Å². The van der Waals surface area contributed by atoms with E-state index < -0.39 is 0 Å². The van der Waals surface area contributed by atoms with Crippen LogP contribution in [0.15, 0.2) is 78.9 Å². The van der Waals surface area contributed by atoms with Crippen molar-refractivity contribution < 1.29 is 9.59 Å². The first kappa shape index (κ1) is 23.8. The Kier molecular flexibility index (Phi) is 7.41. The number of fused-ring (bicyclic) bond motifs is 1. The highest BCUT2D eigenvalue weighted by molar-refractivity contribution is 5.81. The third kappa shape index (κ3) is 5.65. The number of amides is 2. The number of nitrogens with one attached hydrogen (secondary N) is 1. The fourth-order valence-electron chi connectivity index (χ4n) is 4.88. The number of piperidine rings is 1. The van der Waals surface area contributed by atoms with Crippen molar-refractivity contribution in [3.8, 4) is 11.1 Å². The van der Waals surface area contributed by atoms with Crippen LogP contribution in [0.3, 0.4) is 0 Å². The maximum absolute atomic E-state index is 13.0. The van der Waals surface area contributed by atoms with Gasteiger partial charge in [-0.15, -0.1) is 0 Å². The molecule has 2 amide bonds. The maximum atomic E-state index is 13.0. The second kappa shape index (κ2) is 11.2. The van der Waals surface area contributed by atoms with E-state index in [1.807, 2.05) is 64.1 Å². The van der Waals surface area contributed by atoms with Crippen LogP contribution in [0.2, 0.25) is 0 Å². The fourth-order valence-corrected chi connectivity index (χ4v) is 4.88. The molecule has 2 heterocycles. The van der Waals surface area contributed by atoms with Gasteiger partial charge < -0.3 is 14.8 Å². The zero-order chi connectivity index (χ0) is 24.7. The van der Waals surface area contributed by atoms with Crippen LogP contribution in [0.25, 0.3) is 22.2 Å². The molecule has 1 aromatic heterocycles. The number of para-hydroxylation sites is 2. The minimum atomic E-state index is -0.0190. The molecule has 0 unspecified atom stereocenters. The molecule has 184 valence electrons. The zero-order valence-corrected chi connectivity index (χ0v) is 20.5. The third-order valence-electron chi connectivity index (χ3n) is 6.83. The number of hydrogen-bond donors (Lipinski definition) is 1. The number of nitrogens with zero attached hydrogens (tertiary/aromatic N) is 3. The van der Waals surface area contributed by atoms with Crippen LogP contribution in [0, 0.1) is 0 Å². The van der Waals surface area contributed by atoms with Crippen LogP contribution >= 0.6 is 0 Å². The van der Waals surface area contributed by atoms with Gasteiger partial charge in [-0.1, -0.05) is 66.7 Å². The number of hydrogen-bond acceptors (Lipinski definition) is 3. The van der Waals surface area contributed by atoms with E-state index in [-0.39, 0.29) is 18.4 Å². The number of carbonyl (C=O) groups is 2. The Hall–Kier alpha value is -3.93. The molecule has 0 atom stereocenters. The molecule has 0 bridgehead atoms. The summed E-state index contributed by atoms with van der Waals surface area (Å²) in [6.45, 7) is 2.44. The predicted octanol–water partition coefficient (Wildman–Crippen LogP) is 4.62. The average Bonchev–Trinajstić information content (AvgIpc) is 3.27. The topological polar surface area (TPSA) is 67.2 Å². The number of aromatic nitrogens is 2. The van der Waals surface area contributed by atoms with Crippen LogP contribution in [-0.2, 0) is 29.0 Å². The van der Waals surface area contributed by atoms with Gasteiger partial charge >= 0.3 is 0 Å². The summed E-state index contributed by atoms with van der Waals surface area (Å²) in [5.41, 5.74) is 5.12. The second-order valence-corrected chi connectivity index (χ2v) is 9.38. The molecular formula is C30H32N4O2. The lowest BCUT2D eigenvalue weighted by Gasteiger charge is -2.27. The van der Waals surface area contributed by atoms with Gasteiger partial charge in [-0.3, -0.25) is 9.59 Å². The number of likely N-dealkylation sites (tertiary alicyclic amines) is 1. The summed E-state index contributed by atoms with van der Waals surface area (Å²) in [6, 6.07) is 26.2. The van der Waals surface area contributed by atoms with Crippen LogP contribution < -0.4 is 5.32 Å². The summed E-state index contributed by atoms with van der Waals surface area (Å²) in [5.74, 6) is 0.950. The lowest BCUT2D eigenvalue weighted by molar-refractivity contribution is -0.132. The maximum Gasteiger partial charge on any atom is 0.242 e. The van der Waals surface area contributed by atoms with Gasteiger partial charge in [-0.2, -0.15) is 0 Å². The Morgan fingerprint density at radius 3 is 2.28 bits per heavy atom. The number of benzene rings is 3. The van der Waals surface area contributed by atoms with E-state index in [1.165, 1.54) is 6.42 Å². The largest absolute Gasteiger partial charge is 0.355 e. The Morgan fingerprint density at radius 1 is 0.806 bits per heavy atom. The third-order valence-corrected chi connectivity index (χ3v) is 6.83. The quantitative estimate of drug-likeness (QED) is 0.400. The molecule has 1 aliphatic rings. The standard InChI is InChI=1S/C30H32N4O2/c35-29(21-23-13-15-25(16-14-23)24-9-3-1-4-10-24)31-18-17-28-32-26-11-5-6-12-27(26)34(28)22-30(36)33-19-7-2-8-20-33/h1,3-6,9-16H,2,7-8,17-22H2,(H,31,35). The smallest absolute Gasteiger partial charge is 0.242 e. The molecule has 1 fully saturated rings. The summed E-state index contributed by atoms with van der Waals surface area (Å²) in [6.07, 6.45) is 4.24. The lowest BCUT2D eigenvalue weighted by atomic mass is 10.0. The molecule has 1 N–H and O–H groups in total. The van der Waals surface area contributed by atoms with E-state index in [1.54, 1.807) is 0 Å². The number of imidazole rings is 1. The summed E-state index contributed by atoms with van der Waals surface area (Å²) in [5, 5.41) is 3.03. The second-order valence-electron chi connectivity index (χ2n) is 9.38. The highest BCUT2D eigenvalue weighted by atomic mass is 16.2. The normalized spacial score (nSPS) is 13.6. The van der Waals surface area contributed by atoms with Gasteiger partial charge in [0.25, 0.3) is 0 Å². The van der Waals surface area contributed by atoms with Crippen LogP contribution in [0.4, 0.5) is 0 Å². The summed E-state index contributed by atoms with van der Waals surface area (Å²) in [4.78, 5) is 32.3. The highest BCUT2D eigenvalue weighted by Crippen LogP contribution is 2.20. The zero-order valence-electron chi connectivity index (χ0n) is 20.5. The van der Waals surface area contributed by atoms with Crippen molar-refractivity contribution in [3.63, 3.8) is 0 Å². The first-order chi connectivity index (χ1) is 17.7. The first-order valence-corrected chi connectivity index (χ1v) is 12.8. The minimum absolute atomic E-state index is 0.0190. The molecule has 4 aromatic rings. The molecule has 5 rings (SSSR count). The molecule has 36 heavy (non-hydrogen) atoms. The van der Waals surface area contributed by atoms with E-state index >= 15 is 0 Å². The Bertz CT molecular complexity index is 1320. The first-order valence-electron chi connectivity index (χ1n) is 12.8. The van der Waals surface area contributed by atoms with Crippen molar-refractivity contribution in [2.75, 3.05) is 19.6 Å². The van der Waals surface area contributed by atoms with Gasteiger partial charge in [-0.05, 0) is 48.1 Å². The molecule has 3 aromatic carbocycles. The van der Waals surface area contributed by atoms with Gasteiger partial charge in [-0.25, -0.2) is 4.98 Å². The number of rotatable bonds is 8. The van der Waals surface area contributed by atoms with E-state index in [0.29, 0.717) is 19.4 Å². The van der Waals surface area contributed by atoms with E-state index in [9.17, 15) is 9.59 Å². The van der Waals surface area contributed by atoms with Crippen molar-refractivity contribution in [2.24, 2.45) is 0 Å². The average molecular weight is 481 g/mol. The van der Waals surface area contributed by atoms with Crippen LogP contribution in [-0.4, -0.2) is 45.9 Å². The minimum Gasteiger partial charge on any atom is -0.355 e. The van der Waals surface area contributed by atoms with Crippen molar-refractivity contribution in [1.82, 2.24) is 19.8 Å². The molecular weight excluding hydrogens is 448 g/mol. The van der Waals surface area contributed by atoms with E-state index in [2.05, 4.69) is 29.6 Å². The summed E-state index contributed by atoms with van der Waals surface area (Å²) < 4.78 is 2.01. The molecule has 0 radical (unpaired) electrons. The van der Waals surface area contributed by atoms with Crippen molar-refractivity contribution in [3.05, 3.63) is 90.3 Å². The molecule has 0 saturated carbocycles. The molecule has 0 spiro atoms. The summed E-state index contributed by atoms with van der Waals surface area (Å²) >= 11 is 0. The van der Waals surface area contributed by atoms with Crippen molar-refractivity contribution in [2.45, 2.75) is 38.6 Å². The molecule has 6 nitrogen and oxygen atoms in total. The van der Waals surface area contributed by atoms with Gasteiger partial charge in [0.05, 0.1) is 17.5 Å². The number of carbonyl (C=O) groups excluding carboxylic acids is 2. The Labute approximate surface area is 212 Å². The monoisotopic (exact) mass is 480 g/mol. The Balaban J connectivity index is 1.19. The van der Waals surface area contributed by atoms with E-state index in [0.717, 1.165) is 59.5 Å². The fraction of sp³-hybridized carbons (Fsp3) is 0.300. The molecule has 6 heteroatoms. The highest BCUT2D eigenvalue weighted by Gasteiger charge is 2.20. The van der Waals surface area contributed by atoms with Gasteiger partial charge in [0.1, 0.15) is 12.4 Å². The SMILES string of the molecule is O=C(Cc1ccc(-c2ccccc2)cc1)NCCc1nc2ccccc2n1CC(=O)N1CCCCC1. The van der Waals surface area contributed by atoms with Crippen molar-refractivity contribution in [1.29, 1.82) is 0 Å². The lowest BCUT2D eigenvalue weighted by Crippen LogP contribution is -2.38. The van der Waals surface area contributed by atoms with E-state index in [4.69, 9.17) is 4.98 Å². The molecule has 1 aliphatic heterocycles. The predicted molar refractivity (Wildman–Crippen MR) is 142 cm³/mol. The molecule has 0 aliphatic carbocycles.